The average Bonchev–Trinajstić information content (AvgIpc) is 2.69. The summed E-state index contributed by atoms with van der Waals surface area (Å²) in [5.41, 5.74) is 4.03. The summed E-state index contributed by atoms with van der Waals surface area (Å²) in [6.45, 7) is 3.47. The van der Waals surface area contributed by atoms with E-state index in [0.29, 0.717) is 5.69 Å². The van der Waals surface area contributed by atoms with Crippen molar-refractivity contribution in [2.24, 2.45) is 7.05 Å². The number of halogens is 1. The van der Waals surface area contributed by atoms with Gasteiger partial charge in [-0.2, -0.15) is 5.26 Å². The Morgan fingerprint density at radius 2 is 1.95 bits per heavy atom. The van der Waals surface area contributed by atoms with E-state index in [0.717, 1.165) is 34.9 Å². The van der Waals surface area contributed by atoms with Crippen LogP contribution in [0.2, 0.25) is 5.02 Å². The van der Waals surface area contributed by atoms with Gasteiger partial charge in [0.25, 0.3) is 0 Å². The SMILES string of the molecule is Cc1c(CNCc2ccccc2Cl)cc(C#N)n1C. The molecule has 98 valence electrons. The van der Waals surface area contributed by atoms with Crippen molar-refractivity contribution in [3.05, 3.63) is 57.9 Å². The number of aromatic nitrogens is 1. The van der Waals surface area contributed by atoms with Crippen LogP contribution >= 0.6 is 11.6 Å². The van der Waals surface area contributed by atoms with Crippen LogP contribution in [0.5, 0.6) is 0 Å². The first kappa shape index (κ1) is 13.7. The van der Waals surface area contributed by atoms with Gasteiger partial charge in [0, 0.05) is 30.9 Å². The third kappa shape index (κ3) is 2.98. The van der Waals surface area contributed by atoms with Gasteiger partial charge in [-0.3, -0.25) is 0 Å². The second-order valence-electron chi connectivity index (χ2n) is 4.51. The lowest BCUT2D eigenvalue weighted by Gasteiger charge is -2.07. The third-order valence-corrected chi connectivity index (χ3v) is 3.71. The molecule has 0 spiro atoms. The van der Waals surface area contributed by atoms with Crippen LogP contribution in [0.25, 0.3) is 0 Å². The quantitative estimate of drug-likeness (QED) is 0.930. The van der Waals surface area contributed by atoms with Crippen molar-refractivity contribution in [2.75, 3.05) is 0 Å². The molecule has 3 nitrogen and oxygen atoms in total. The summed E-state index contributed by atoms with van der Waals surface area (Å²) >= 11 is 6.10. The van der Waals surface area contributed by atoms with E-state index in [1.165, 1.54) is 0 Å². The first-order valence-electron chi connectivity index (χ1n) is 6.13. The second kappa shape index (κ2) is 5.92. The normalized spacial score (nSPS) is 10.4. The largest absolute Gasteiger partial charge is 0.340 e. The number of rotatable bonds is 4. The Morgan fingerprint density at radius 3 is 2.58 bits per heavy atom. The Morgan fingerprint density at radius 1 is 1.26 bits per heavy atom. The fourth-order valence-corrected chi connectivity index (χ4v) is 2.22. The first-order chi connectivity index (χ1) is 9.13. The van der Waals surface area contributed by atoms with E-state index < -0.39 is 0 Å². The fourth-order valence-electron chi connectivity index (χ4n) is 2.02. The van der Waals surface area contributed by atoms with Crippen molar-refractivity contribution >= 4 is 11.6 Å². The zero-order valence-corrected chi connectivity index (χ0v) is 11.8. The van der Waals surface area contributed by atoms with Crippen molar-refractivity contribution in [3.8, 4) is 6.07 Å². The summed E-state index contributed by atoms with van der Waals surface area (Å²) in [5, 5.41) is 13.1. The highest BCUT2D eigenvalue weighted by Gasteiger charge is 2.08. The number of hydrogen-bond donors (Lipinski definition) is 1. The van der Waals surface area contributed by atoms with Gasteiger partial charge in [0.2, 0.25) is 0 Å². The van der Waals surface area contributed by atoms with Gasteiger partial charge in [0.15, 0.2) is 0 Å². The molecule has 1 N–H and O–H groups in total. The number of nitrogens with one attached hydrogen (secondary N) is 1. The van der Waals surface area contributed by atoms with Gasteiger partial charge in [-0.15, -0.1) is 0 Å². The lowest BCUT2D eigenvalue weighted by Crippen LogP contribution is -2.13. The number of benzene rings is 1. The van der Waals surface area contributed by atoms with E-state index in [1.807, 2.05) is 48.9 Å². The highest BCUT2D eigenvalue weighted by atomic mass is 35.5. The predicted octanol–water partition coefficient (Wildman–Crippen LogP) is 3.15. The van der Waals surface area contributed by atoms with Crippen LogP contribution in [0.15, 0.2) is 30.3 Å². The summed E-state index contributed by atoms with van der Waals surface area (Å²) in [7, 11) is 1.91. The van der Waals surface area contributed by atoms with Gasteiger partial charge in [0.05, 0.1) is 0 Å². The zero-order chi connectivity index (χ0) is 13.8. The molecule has 1 aromatic carbocycles. The van der Waals surface area contributed by atoms with Crippen LogP contribution in [0.4, 0.5) is 0 Å². The van der Waals surface area contributed by atoms with Gasteiger partial charge in [0.1, 0.15) is 11.8 Å². The molecule has 19 heavy (non-hydrogen) atoms. The molecule has 2 aromatic rings. The second-order valence-corrected chi connectivity index (χ2v) is 4.91. The van der Waals surface area contributed by atoms with Crippen LogP contribution in [0.3, 0.4) is 0 Å². The molecule has 0 unspecified atom stereocenters. The number of hydrogen-bond acceptors (Lipinski definition) is 2. The highest BCUT2D eigenvalue weighted by molar-refractivity contribution is 6.31. The lowest BCUT2D eigenvalue weighted by atomic mass is 10.2. The minimum atomic E-state index is 0.687. The van der Waals surface area contributed by atoms with Crippen molar-refractivity contribution in [2.45, 2.75) is 20.0 Å². The standard InChI is InChI=1S/C15H16ClN3/c1-11-13(7-14(8-17)19(11)2)10-18-9-12-5-3-4-6-15(12)16/h3-7,18H,9-10H2,1-2H3. The average molecular weight is 274 g/mol. The van der Waals surface area contributed by atoms with Crippen molar-refractivity contribution in [1.82, 2.24) is 9.88 Å². The molecular weight excluding hydrogens is 258 g/mol. The highest BCUT2D eigenvalue weighted by Crippen LogP contribution is 2.16. The van der Waals surface area contributed by atoms with E-state index in [1.54, 1.807) is 0 Å². The maximum atomic E-state index is 8.99. The van der Waals surface area contributed by atoms with Gasteiger partial charge in [-0.25, -0.2) is 0 Å². The Hall–Kier alpha value is -1.76. The number of nitrogens with zero attached hydrogens (tertiary/aromatic N) is 2. The molecule has 1 heterocycles. The molecule has 0 atom stereocenters. The molecule has 2 rings (SSSR count). The van der Waals surface area contributed by atoms with Crippen molar-refractivity contribution < 1.29 is 0 Å². The Kier molecular flexibility index (Phi) is 4.26. The predicted molar refractivity (Wildman–Crippen MR) is 76.9 cm³/mol. The van der Waals surface area contributed by atoms with Gasteiger partial charge >= 0.3 is 0 Å². The van der Waals surface area contributed by atoms with Crippen LogP contribution in [-0.4, -0.2) is 4.57 Å². The van der Waals surface area contributed by atoms with Crippen LogP contribution in [-0.2, 0) is 20.1 Å². The first-order valence-corrected chi connectivity index (χ1v) is 6.50. The molecule has 0 saturated carbocycles. The molecule has 0 saturated heterocycles. The van der Waals surface area contributed by atoms with E-state index in [2.05, 4.69) is 11.4 Å². The summed E-state index contributed by atoms with van der Waals surface area (Å²) in [6, 6.07) is 11.9. The molecule has 4 heteroatoms. The molecule has 0 amide bonds. The fraction of sp³-hybridized carbons (Fsp3) is 0.267. The zero-order valence-electron chi connectivity index (χ0n) is 11.1. The summed E-state index contributed by atoms with van der Waals surface area (Å²) in [5.74, 6) is 0. The van der Waals surface area contributed by atoms with Gasteiger partial charge in [-0.05, 0) is 30.2 Å². The Bertz CT molecular complexity index is 623. The Labute approximate surface area is 118 Å². The molecule has 0 bridgehead atoms. The summed E-state index contributed by atoms with van der Waals surface area (Å²) < 4.78 is 1.91. The molecule has 0 radical (unpaired) electrons. The van der Waals surface area contributed by atoms with Crippen molar-refractivity contribution in [3.63, 3.8) is 0 Å². The molecule has 0 fully saturated rings. The number of nitriles is 1. The molecule has 0 aliphatic carbocycles. The van der Waals surface area contributed by atoms with Gasteiger partial charge < -0.3 is 9.88 Å². The van der Waals surface area contributed by atoms with E-state index >= 15 is 0 Å². The molecular formula is C15H16ClN3. The maximum absolute atomic E-state index is 8.99. The maximum Gasteiger partial charge on any atom is 0.120 e. The van der Waals surface area contributed by atoms with Crippen LogP contribution in [0, 0.1) is 18.3 Å². The van der Waals surface area contributed by atoms with Gasteiger partial charge in [-0.1, -0.05) is 29.8 Å². The van der Waals surface area contributed by atoms with E-state index in [9.17, 15) is 0 Å². The minimum Gasteiger partial charge on any atom is -0.340 e. The van der Waals surface area contributed by atoms with E-state index in [-0.39, 0.29) is 0 Å². The van der Waals surface area contributed by atoms with E-state index in [4.69, 9.17) is 16.9 Å². The topological polar surface area (TPSA) is 40.8 Å². The summed E-state index contributed by atoms with van der Waals surface area (Å²) in [6.07, 6.45) is 0. The smallest absolute Gasteiger partial charge is 0.120 e. The van der Waals surface area contributed by atoms with Crippen LogP contribution < -0.4 is 5.32 Å². The molecule has 1 aromatic heterocycles. The third-order valence-electron chi connectivity index (χ3n) is 3.34. The Balaban J connectivity index is 2.01. The lowest BCUT2D eigenvalue weighted by molar-refractivity contribution is 0.687. The summed E-state index contributed by atoms with van der Waals surface area (Å²) in [4.78, 5) is 0. The molecule has 0 aliphatic heterocycles. The minimum absolute atomic E-state index is 0.687. The monoisotopic (exact) mass is 273 g/mol. The molecule has 0 aliphatic rings. The van der Waals surface area contributed by atoms with Crippen LogP contribution in [0.1, 0.15) is 22.5 Å². The van der Waals surface area contributed by atoms with Crippen molar-refractivity contribution in [1.29, 1.82) is 5.26 Å².